The van der Waals surface area contributed by atoms with Crippen LogP contribution in [-0.2, 0) is 0 Å². The van der Waals surface area contributed by atoms with E-state index in [1.165, 1.54) is 18.3 Å². The van der Waals surface area contributed by atoms with Crippen LogP contribution < -0.4 is 5.43 Å². The molecule has 0 saturated carbocycles. The largest absolute Gasteiger partial charge is 0.507 e. The van der Waals surface area contributed by atoms with Gasteiger partial charge in [-0.25, -0.2) is 5.43 Å². The lowest BCUT2D eigenvalue weighted by Crippen LogP contribution is -2.17. The molecule has 2 aromatic rings. The van der Waals surface area contributed by atoms with E-state index in [-0.39, 0.29) is 22.1 Å². The normalized spacial score (nSPS) is 10.8. The highest BCUT2D eigenvalue weighted by molar-refractivity contribution is 6.32. The molecule has 3 N–H and O–H groups in total. The number of aromatic hydroxyl groups is 2. The van der Waals surface area contributed by atoms with Gasteiger partial charge in [-0.05, 0) is 36.8 Å². The first-order valence-corrected chi connectivity index (χ1v) is 6.47. The first-order valence-electron chi connectivity index (χ1n) is 6.09. The number of hydrogen-bond donors (Lipinski definition) is 3. The number of para-hydroxylation sites is 1. The maximum atomic E-state index is 11.8. The van der Waals surface area contributed by atoms with Gasteiger partial charge in [-0.15, -0.1) is 0 Å². The maximum Gasteiger partial charge on any atom is 0.275 e. The lowest BCUT2D eigenvalue weighted by Gasteiger charge is -2.04. The standard InChI is InChI=1S/C15H13ClN2O3/c1-9-6-10(14(20)12(16)7-9)8-17-18-15(21)11-4-2-3-5-13(11)19/h2-8,19-20H,1H3,(H,18,21)/b17-8+. The molecule has 21 heavy (non-hydrogen) atoms. The molecule has 0 aliphatic heterocycles. The Balaban J connectivity index is 2.13. The Morgan fingerprint density at radius 3 is 2.71 bits per heavy atom. The van der Waals surface area contributed by atoms with Gasteiger partial charge in [0.15, 0.2) is 0 Å². The minimum atomic E-state index is -0.553. The summed E-state index contributed by atoms with van der Waals surface area (Å²) in [7, 11) is 0. The average molecular weight is 305 g/mol. The summed E-state index contributed by atoms with van der Waals surface area (Å²) in [4.78, 5) is 11.8. The van der Waals surface area contributed by atoms with Gasteiger partial charge in [0, 0.05) is 5.56 Å². The van der Waals surface area contributed by atoms with Gasteiger partial charge in [-0.3, -0.25) is 4.79 Å². The van der Waals surface area contributed by atoms with E-state index < -0.39 is 5.91 Å². The third-order valence-electron chi connectivity index (χ3n) is 2.76. The van der Waals surface area contributed by atoms with Crippen LogP contribution in [0.25, 0.3) is 0 Å². The van der Waals surface area contributed by atoms with Crippen LogP contribution in [0.2, 0.25) is 5.02 Å². The molecule has 1 amide bonds. The molecule has 0 aliphatic rings. The van der Waals surface area contributed by atoms with E-state index in [2.05, 4.69) is 10.5 Å². The molecule has 0 unspecified atom stereocenters. The van der Waals surface area contributed by atoms with Crippen LogP contribution in [0.15, 0.2) is 41.5 Å². The van der Waals surface area contributed by atoms with E-state index in [9.17, 15) is 15.0 Å². The Hall–Kier alpha value is -2.53. The molecule has 0 spiro atoms. The number of nitrogens with one attached hydrogen (secondary N) is 1. The lowest BCUT2D eigenvalue weighted by molar-refractivity contribution is 0.0952. The van der Waals surface area contributed by atoms with Gasteiger partial charge in [0.1, 0.15) is 11.5 Å². The summed E-state index contributed by atoms with van der Waals surface area (Å²) in [5, 5.41) is 23.3. The SMILES string of the molecule is Cc1cc(Cl)c(O)c(/C=N/NC(=O)c2ccccc2O)c1. The quantitative estimate of drug-likeness (QED) is 0.602. The Labute approximate surface area is 126 Å². The highest BCUT2D eigenvalue weighted by Gasteiger charge is 2.09. The number of phenols is 2. The number of carbonyl (C=O) groups excluding carboxylic acids is 1. The van der Waals surface area contributed by atoms with E-state index in [4.69, 9.17) is 11.6 Å². The fraction of sp³-hybridized carbons (Fsp3) is 0.0667. The number of nitrogens with zero attached hydrogens (tertiary/aromatic N) is 1. The third kappa shape index (κ3) is 3.52. The van der Waals surface area contributed by atoms with Gasteiger partial charge in [-0.2, -0.15) is 5.10 Å². The van der Waals surface area contributed by atoms with Crippen molar-refractivity contribution >= 4 is 23.7 Å². The molecule has 0 aromatic heterocycles. The smallest absolute Gasteiger partial charge is 0.275 e. The molecule has 0 atom stereocenters. The Morgan fingerprint density at radius 1 is 1.29 bits per heavy atom. The number of carbonyl (C=O) groups is 1. The molecule has 0 aliphatic carbocycles. The van der Waals surface area contributed by atoms with Crippen LogP contribution in [0.4, 0.5) is 0 Å². The summed E-state index contributed by atoms with van der Waals surface area (Å²) in [5.41, 5.74) is 3.62. The maximum absolute atomic E-state index is 11.8. The molecule has 2 rings (SSSR count). The van der Waals surface area contributed by atoms with Crippen molar-refractivity contribution in [2.24, 2.45) is 5.10 Å². The van der Waals surface area contributed by atoms with Crippen LogP contribution in [0.1, 0.15) is 21.5 Å². The van der Waals surface area contributed by atoms with Gasteiger partial charge < -0.3 is 10.2 Å². The van der Waals surface area contributed by atoms with Crippen LogP contribution >= 0.6 is 11.6 Å². The first kappa shape index (κ1) is 14.9. The number of rotatable bonds is 3. The summed E-state index contributed by atoms with van der Waals surface area (Å²) >= 11 is 5.85. The topological polar surface area (TPSA) is 81.9 Å². The zero-order valence-electron chi connectivity index (χ0n) is 11.2. The van der Waals surface area contributed by atoms with Crippen molar-refractivity contribution in [2.45, 2.75) is 6.92 Å². The van der Waals surface area contributed by atoms with Gasteiger partial charge in [-0.1, -0.05) is 23.7 Å². The zero-order chi connectivity index (χ0) is 15.4. The van der Waals surface area contributed by atoms with Gasteiger partial charge in [0.25, 0.3) is 5.91 Å². The Bertz CT molecular complexity index is 714. The van der Waals surface area contributed by atoms with E-state index in [1.54, 1.807) is 24.3 Å². The van der Waals surface area contributed by atoms with Crippen LogP contribution in [0.5, 0.6) is 11.5 Å². The van der Waals surface area contributed by atoms with Crippen molar-refractivity contribution in [1.29, 1.82) is 0 Å². The highest BCUT2D eigenvalue weighted by Crippen LogP contribution is 2.27. The molecular weight excluding hydrogens is 292 g/mol. The molecule has 6 heteroatoms. The molecular formula is C15H13ClN2O3. The van der Waals surface area contributed by atoms with E-state index in [0.717, 1.165) is 5.56 Å². The summed E-state index contributed by atoms with van der Waals surface area (Å²) in [6, 6.07) is 9.42. The van der Waals surface area contributed by atoms with Crippen molar-refractivity contribution < 1.29 is 15.0 Å². The predicted octanol–water partition coefficient (Wildman–Crippen LogP) is 2.82. The van der Waals surface area contributed by atoms with Crippen molar-refractivity contribution in [3.8, 4) is 11.5 Å². The fourth-order valence-corrected chi connectivity index (χ4v) is 2.03. The molecule has 108 valence electrons. The number of phenolic OH excluding ortho intramolecular Hbond substituents is 2. The second-order valence-electron chi connectivity index (χ2n) is 4.40. The van der Waals surface area contributed by atoms with Gasteiger partial charge >= 0.3 is 0 Å². The summed E-state index contributed by atoms with van der Waals surface area (Å²) < 4.78 is 0. The predicted molar refractivity (Wildman–Crippen MR) is 81.0 cm³/mol. The number of hydrogen-bond acceptors (Lipinski definition) is 4. The fourth-order valence-electron chi connectivity index (χ4n) is 1.75. The lowest BCUT2D eigenvalue weighted by atomic mass is 10.1. The molecule has 5 nitrogen and oxygen atoms in total. The Morgan fingerprint density at radius 2 is 2.00 bits per heavy atom. The molecule has 0 heterocycles. The third-order valence-corrected chi connectivity index (χ3v) is 3.04. The van der Waals surface area contributed by atoms with Gasteiger partial charge in [0.05, 0.1) is 16.8 Å². The average Bonchev–Trinajstić information content (AvgIpc) is 2.44. The first-order chi connectivity index (χ1) is 9.99. The van der Waals surface area contributed by atoms with Crippen LogP contribution in [0, 0.1) is 6.92 Å². The summed E-state index contributed by atoms with van der Waals surface area (Å²) in [5.74, 6) is -0.794. The molecule has 0 fully saturated rings. The monoisotopic (exact) mass is 304 g/mol. The number of amides is 1. The van der Waals surface area contributed by atoms with Crippen molar-refractivity contribution in [1.82, 2.24) is 5.43 Å². The summed E-state index contributed by atoms with van der Waals surface area (Å²) in [6.07, 6.45) is 1.28. The minimum Gasteiger partial charge on any atom is -0.507 e. The second-order valence-corrected chi connectivity index (χ2v) is 4.81. The second kappa shape index (κ2) is 6.28. The number of benzene rings is 2. The van der Waals surface area contributed by atoms with Gasteiger partial charge in [0.2, 0.25) is 0 Å². The minimum absolute atomic E-state index is 0.108. The highest BCUT2D eigenvalue weighted by atomic mass is 35.5. The molecule has 2 aromatic carbocycles. The number of aryl methyl sites for hydroxylation is 1. The number of halogens is 1. The number of hydrazone groups is 1. The summed E-state index contributed by atoms with van der Waals surface area (Å²) in [6.45, 7) is 1.82. The van der Waals surface area contributed by atoms with Crippen molar-refractivity contribution in [3.63, 3.8) is 0 Å². The Kier molecular flexibility index (Phi) is 4.45. The molecule has 0 saturated heterocycles. The molecule has 0 radical (unpaired) electrons. The van der Waals surface area contributed by atoms with E-state index in [0.29, 0.717) is 5.56 Å². The molecule has 0 bridgehead atoms. The van der Waals surface area contributed by atoms with E-state index >= 15 is 0 Å². The van der Waals surface area contributed by atoms with E-state index in [1.807, 2.05) is 6.92 Å². The van der Waals surface area contributed by atoms with Crippen molar-refractivity contribution in [2.75, 3.05) is 0 Å². The van der Waals surface area contributed by atoms with Crippen LogP contribution in [-0.4, -0.2) is 22.3 Å². The van der Waals surface area contributed by atoms with Crippen molar-refractivity contribution in [3.05, 3.63) is 58.1 Å². The van der Waals surface area contributed by atoms with Crippen LogP contribution in [0.3, 0.4) is 0 Å². The zero-order valence-corrected chi connectivity index (χ0v) is 11.9.